The minimum atomic E-state index is -1.33. The molecule has 0 saturated carbocycles. The van der Waals surface area contributed by atoms with Crippen molar-refractivity contribution in [3.63, 3.8) is 0 Å². The molecular formula is C8H7N3O5. The first-order chi connectivity index (χ1) is 7.41. The maximum atomic E-state index is 10.7. The maximum absolute atomic E-state index is 10.7. The van der Waals surface area contributed by atoms with Crippen LogP contribution in [0.1, 0.15) is 17.3 Å². The second-order valence-corrected chi connectivity index (χ2v) is 2.84. The first-order valence-electron chi connectivity index (χ1n) is 4.07. The third-order valence-electron chi connectivity index (χ3n) is 1.61. The summed E-state index contributed by atoms with van der Waals surface area (Å²) in [7, 11) is 0. The average Bonchev–Trinajstić information content (AvgIpc) is 2.16. The van der Waals surface area contributed by atoms with E-state index in [0.29, 0.717) is 0 Å². The zero-order valence-corrected chi connectivity index (χ0v) is 8.13. The Bertz CT molecular complexity index is 471. The summed E-state index contributed by atoms with van der Waals surface area (Å²) in [4.78, 5) is 34.6. The van der Waals surface area contributed by atoms with Gasteiger partial charge in [0.05, 0.1) is 10.5 Å². The van der Waals surface area contributed by atoms with E-state index in [4.69, 9.17) is 5.11 Å². The smallest absolute Gasteiger partial charge is 0.337 e. The van der Waals surface area contributed by atoms with Gasteiger partial charge >= 0.3 is 11.7 Å². The maximum Gasteiger partial charge on any atom is 0.337 e. The number of nitrogens with one attached hydrogen (secondary N) is 1. The van der Waals surface area contributed by atoms with Crippen molar-refractivity contribution in [2.24, 2.45) is 0 Å². The van der Waals surface area contributed by atoms with Gasteiger partial charge in [0.25, 0.3) is 0 Å². The molecule has 2 N–H and O–H groups in total. The fourth-order valence-electron chi connectivity index (χ4n) is 0.972. The van der Waals surface area contributed by atoms with Crippen LogP contribution in [0.15, 0.2) is 12.3 Å². The highest BCUT2D eigenvalue weighted by Crippen LogP contribution is 2.22. The molecule has 1 amide bonds. The van der Waals surface area contributed by atoms with Gasteiger partial charge in [0, 0.05) is 19.2 Å². The van der Waals surface area contributed by atoms with Gasteiger partial charge in [-0.05, 0) is 0 Å². The van der Waals surface area contributed by atoms with E-state index in [9.17, 15) is 19.7 Å². The molecule has 8 heteroatoms. The van der Waals surface area contributed by atoms with Crippen molar-refractivity contribution in [2.45, 2.75) is 6.92 Å². The van der Waals surface area contributed by atoms with E-state index in [1.165, 1.54) is 0 Å². The second kappa shape index (κ2) is 4.34. The number of hydrogen-bond acceptors (Lipinski definition) is 5. The number of carboxylic acid groups (broad SMARTS) is 1. The Morgan fingerprint density at radius 1 is 1.56 bits per heavy atom. The van der Waals surface area contributed by atoms with Gasteiger partial charge < -0.3 is 10.4 Å². The van der Waals surface area contributed by atoms with E-state index >= 15 is 0 Å². The normalized spacial score (nSPS) is 9.56. The second-order valence-electron chi connectivity index (χ2n) is 2.84. The summed E-state index contributed by atoms with van der Waals surface area (Å²) in [5.74, 6) is -2.13. The van der Waals surface area contributed by atoms with Crippen LogP contribution >= 0.6 is 0 Å². The lowest BCUT2D eigenvalue weighted by molar-refractivity contribution is -0.384. The summed E-state index contributed by atoms with van der Waals surface area (Å²) < 4.78 is 0. The molecule has 0 saturated heterocycles. The molecule has 0 aliphatic heterocycles. The lowest BCUT2D eigenvalue weighted by atomic mass is 10.2. The molecule has 0 aliphatic carbocycles. The number of aromatic carboxylic acids is 1. The third-order valence-corrected chi connectivity index (χ3v) is 1.61. The van der Waals surface area contributed by atoms with Crippen LogP contribution in [0.3, 0.4) is 0 Å². The Balaban J connectivity index is 3.24. The molecule has 16 heavy (non-hydrogen) atoms. The Morgan fingerprint density at radius 2 is 2.19 bits per heavy atom. The highest BCUT2D eigenvalue weighted by Gasteiger charge is 2.19. The summed E-state index contributed by atoms with van der Waals surface area (Å²) >= 11 is 0. The van der Waals surface area contributed by atoms with Crippen LogP contribution in [0.4, 0.5) is 11.5 Å². The number of aromatic nitrogens is 1. The van der Waals surface area contributed by atoms with Gasteiger partial charge in [-0.3, -0.25) is 14.9 Å². The highest BCUT2D eigenvalue weighted by atomic mass is 16.6. The van der Waals surface area contributed by atoms with Gasteiger partial charge in [-0.1, -0.05) is 0 Å². The lowest BCUT2D eigenvalue weighted by Gasteiger charge is -2.02. The Morgan fingerprint density at radius 3 is 2.62 bits per heavy atom. The summed E-state index contributed by atoms with van der Waals surface area (Å²) in [5.41, 5.74) is -0.879. The molecule has 0 radical (unpaired) electrons. The molecule has 0 aliphatic rings. The van der Waals surface area contributed by atoms with Crippen molar-refractivity contribution >= 4 is 23.4 Å². The number of hydrogen-bond donors (Lipinski definition) is 2. The van der Waals surface area contributed by atoms with Gasteiger partial charge in [0.2, 0.25) is 11.7 Å². The van der Waals surface area contributed by atoms with Crippen molar-refractivity contribution in [2.75, 3.05) is 5.32 Å². The Kier molecular flexibility index (Phi) is 3.14. The number of anilines is 1. The Labute approximate surface area is 89.1 Å². The molecule has 0 atom stereocenters. The van der Waals surface area contributed by atoms with Crippen LogP contribution in [-0.4, -0.2) is 26.9 Å². The molecule has 84 valence electrons. The highest BCUT2D eigenvalue weighted by molar-refractivity contribution is 5.92. The van der Waals surface area contributed by atoms with Gasteiger partial charge in [-0.15, -0.1) is 0 Å². The summed E-state index contributed by atoms with van der Waals surface area (Å²) in [5, 5.41) is 21.3. The molecule has 0 spiro atoms. The van der Waals surface area contributed by atoms with Crippen LogP contribution in [0.5, 0.6) is 0 Å². The third kappa shape index (κ3) is 2.50. The topological polar surface area (TPSA) is 122 Å². The number of nitrogens with zero attached hydrogens (tertiary/aromatic N) is 2. The van der Waals surface area contributed by atoms with Crippen LogP contribution in [0.25, 0.3) is 0 Å². The van der Waals surface area contributed by atoms with E-state index in [0.717, 1.165) is 19.2 Å². The zero-order valence-electron chi connectivity index (χ0n) is 8.13. The van der Waals surface area contributed by atoms with Crippen LogP contribution in [0, 0.1) is 10.1 Å². The number of nitro groups is 1. The number of pyridine rings is 1. The number of carbonyl (C=O) groups is 2. The molecule has 1 rings (SSSR count). The van der Waals surface area contributed by atoms with Crippen molar-refractivity contribution in [3.8, 4) is 0 Å². The van der Waals surface area contributed by atoms with Crippen molar-refractivity contribution in [1.29, 1.82) is 0 Å². The molecule has 0 unspecified atom stereocenters. The minimum absolute atomic E-state index is 0.275. The molecule has 1 aromatic heterocycles. The summed E-state index contributed by atoms with van der Waals surface area (Å²) in [6.45, 7) is 1.16. The first kappa shape index (κ1) is 11.6. The molecule has 0 aromatic carbocycles. The predicted molar refractivity (Wildman–Crippen MR) is 52.2 cm³/mol. The van der Waals surface area contributed by atoms with E-state index in [2.05, 4.69) is 10.3 Å². The minimum Gasteiger partial charge on any atom is -0.478 e. The molecule has 8 nitrogen and oxygen atoms in total. The molecular weight excluding hydrogens is 218 g/mol. The van der Waals surface area contributed by atoms with Crippen molar-refractivity contribution in [3.05, 3.63) is 27.9 Å². The van der Waals surface area contributed by atoms with E-state index < -0.39 is 22.5 Å². The predicted octanol–water partition coefficient (Wildman–Crippen LogP) is 0.646. The van der Waals surface area contributed by atoms with E-state index in [1.54, 1.807) is 0 Å². The van der Waals surface area contributed by atoms with Crippen LogP contribution < -0.4 is 5.32 Å². The lowest BCUT2D eigenvalue weighted by Crippen LogP contribution is -2.11. The van der Waals surface area contributed by atoms with Crippen molar-refractivity contribution < 1.29 is 19.6 Å². The summed E-state index contributed by atoms with van der Waals surface area (Å²) in [6, 6.07) is 0.834. The monoisotopic (exact) mass is 225 g/mol. The molecule has 1 heterocycles. The zero-order chi connectivity index (χ0) is 12.3. The van der Waals surface area contributed by atoms with Gasteiger partial charge in [-0.2, -0.15) is 0 Å². The van der Waals surface area contributed by atoms with Gasteiger partial charge in [-0.25, -0.2) is 9.78 Å². The standard InChI is InChI=1S/C8H7N3O5/c1-4(12)10-7-6(11(15)16)2-5(3-9-7)8(13)14/h2-3H,1H3,(H,13,14)(H,9,10,12). The van der Waals surface area contributed by atoms with Crippen LogP contribution in [-0.2, 0) is 4.79 Å². The fraction of sp³-hybridized carbons (Fsp3) is 0.125. The number of carboxylic acids is 1. The fourth-order valence-corrected chi connectivity index (χ4v) is 0.972. The largest absolute Gasteiger partial charge is 0.478 e. The van der Waals surface area contributed by atoms with Crippen LogP contribution in [0.2, 0.25) is 0 Å². The first-order valence-corrected chi connectivity index (χ1v) is 4.07. The van der Waals surface area contributed by atoms with Crippen molar-refractivity contribution in [1.82, 2.24) is 4.98 Å². The molecule has 1 aromatic rings. The van der Waals surface area contributed by atoms with E-state index in [1.807, 2.05) is 0 Å². The van der Waals surface area contributed by atoms with Gasteiger partial charge in [0.15, 0.2) is 0 Å². The quantitative estimate of drug-likeness (QED) is 0.575. The number of rotatable bonds is 3. The number of amides is 1. The van der Waals surface area contributed by atoms with E-state index in [-0.39, 0.29) is 11.4 Å². The SMILES string of the molecule is CC(=O)Nc1ncc(C(=O)O)cc1[N+](=O)[O-]. The number of carbonyl (C=O) groups excluding carboxylic acids is 1. The average molecular weight is 225 g/mol. The van der Waals surface area contributed by atoms with Gasteiger partial charge in [0.1, 0.15) is 0 Å². The molecule has 0 bridgehead atoms. The molecule has 0 fully saturated rings. The Hall–Kier alpha value is -2.51. The summed E-state index contributed by atoms with van der Waals surface area (Å²) in [6.07, 6.45) is 0.931.